The Labute approximate surface area is 113 Å². The third-order valence-corrected chi connectivity index (χ3v) is 3.31. The zero-order valence-corrected chi connectivity index (χ0v) is 11.3. The van der Waals surface area contributed by atoms with Crippen molar-refractivity contribution in [1.29, 1.82) is 0 Å². The molecule has 1 aromatic carbocycles. The molecule has 0 radical (unpaired) electrons. The number of amides is 1. The van der Waals surface area contributed by atoms with Crippen LogP contribution in [0.4, 0.5) is 0 Å². The van der Waals surface area contributed by atoms with Crippen LogP contribution in [-0.4, -0.2) is 45.4 Å². The molecule has 1 aromatic rings. The Morgan fingerprint density at radius 1 is 1.42 bits per heavy atom. The summed E-state index contributed by atoms with van der Waals surface area (Å²) in [5.74, 6) is 0.770. The van der Waals surface area contributed by atoms with E-state index in [4.69, 9.17) is 9.47 Å². The maximum absolute atomic E-state index is 12.0. The van der Waals surface area contributed by atoms with Gasteiger partial charge in [-0.2, -0.15) is 0 Å². The van der Waals surface area contributed by atoms with Gasteiger partial charge in [-0.05, 0) is 17.7 Å². The second-order valence-corrected chi connectivity index (χ2v) is 4.63. The molecule has 104 valence electrons. The average molecular weight is 264 g/mol. The normalized spacial score (nSPS) is 22.2. The van der Waals surface area contributed by atoms with Crippen molar-refractivity contribution in [2.45, 2.75) is 18.6 Å². The lowest BCUT2D eigenvalue weighted by molar-refractivity contribution is -0.121. The molecule has 2 atom stereocenters. The molecule has 1 unspecified atom stereocenters. The molecule has 2 N–H and O–H groups in total. The van der Waals surface area contributed by atoms with Crippen LogP contribution in [0.3, 0.4) is 0 Å². The number of hydrogen-bond acceptors (Lipinski definition) is 4. The zero-order valence-electron chi connectivity index (χ0n) is 11.3. The van der Waals surface area contributed by atoms with Gasteiger partial charge in [0, 0.05) is 20.2 Å². The van der Waals surface area contributed by atoms with Gasteiger partial charge in [-0.1, -0.05) is 12.1 Å². The minimum atomic E-state index is 0.00371. The average Bonchev–Trinajstić information content (AvgIpc) is 2.86. The Morgan fingerprint density at radius 2 is 2.26 bits per heavy atom. The van der Waals surface area contributed by atoms with E-state index < -0.39 is 0 Å². The molecule has 0 spiro atoms. The molecular weight excluding hydrogens is 244 g/mol. The van der Waals surface area contributed by atoms with E-state index in [9.17, 15) is 4.79 Å². The molecule has 2 rings (SSSR count). The topological polar surface area (TPSA) is 59.6 Å². The maximum atomic E-state index is 12.0. The molecule has 0 bridgehead atoms. The first-order valence-corrected chi connectivity index (χ1v) is 6.38. The largest absolute Gasteiger partial charge is 0.497 e. The molecule has 0 aromatic heterocycles. The van der Waals surface area contributed by atoms with E-state index in [1.165, 1.54) is 0 Å². The highest BCUT2D eigenvalue weighted by molar-refractivity contribution is 5.79. The summed E-state index contributed by atoms with van der Waals surface area (Å²) in [6.45, 7) is 1.53. The first kappa shape index (κ1) is 13.8. The number of rotatable bonds is 5. The van der Waals surface area contributed by atoms with Crippen LogP contribution >= 0.6 is 0 Å². The van der Waals surface area contributed by atoms with Gasteiger partial charge < -0.3 is 20.1 Å². The van der Waals surface area contributed by atoms with Crippen LogP contribution in [0, 0.1) is 0 Å². The minimum Gasteiger partial charge on any atom is -0.497 e. The first-order chi connectivity index (χ1) is 9.22. The van der Waals surface area contributed by atoms with Gasteiger partial charge in [-0.15, -0.1) is 0 Å². The third kappa shape index (κ3) is 3.68. The summed E-state index contributed by atoms with van der Waals surface area (Å²) in [6, 6.07) is 7.59. The number of carbonyl (C=O) groups is 1. The molecule has 1 heterocycles. The molecule has 0 saturated carbocycles. The van der Waals surface area contributed by atoms with E-state index in [1.807, 2.05) is 24.3 Å². The van der Waals surface area contributed by atoms with E-state index in [-0.39, 0.29) is 18.1 Å². The number of nitrogens with one attached hydrogen (secondary N) is 2. The summed E-state index contributed by atoms with van der Waals surface area (Å²) >= 11 is 0. The Hall–Kier alpha value is -1.59. The van der Waals surface area contributed by atoms with Crippen molar-refractivity contribution in [3.63, 3.8) is 0 Å². The summed E-state index contributed by atoms with van der Waals surface area (Å²) in [5.41, 5.74) is 0.941. The van der Waals surface area contributed by atoms with Gasteiger partial charge in [0.05, 0.1) is 25.7 Å². The van der Waals surface area contributed by atoms with Crippen LogP contribution in [0.1, 0.15) is 5.56 Å². The van der Waals surface area contributed by atoms with Crippen molar-refractivity contribution in [3.05, 3.63) is 29.8 Å². The van der Waals surface area contributed by atoms with E-state index in [1.54, 1.807) is 14.2 Å². The van der Waals surface area contributed by atoms with Gasteiger partial charge in [0.25, 0.3) is 0 Å². The molecule has 1 aliphatic heterocycles. The summed E-state index contributed by atoms with van der Waals surface area (Å²) in [6.07, 6.45) is 0.402. The van der Waals surface area contributed by atoms with Crippen LogP contribution in [0.25, 0.3) is 0 Å². The number of hydrogen-bond donors (Lipinski definition) is 2. The number of ether oxygens (including phenoxy) is 2. The second kappa shape index (κ2) is 6.54. The van der Waals surface area contributed by atoms with Gasteiger partial charge in [-0.3, -0.25) is 4.79 Å². The number of benzene rings is 1. The fourth-order valence-electron chi connectivity index (χ4n) is 2.27. The monoisotopic (exact) mass is 264 g/mol. The molecule has 0 aliphatic carbocycles. The van der Waals surface area contributed by atoms with Crippen LogP contribution in [0.15, 0.2) is 24.3 Å². The molecule has 5 nitrogen and oxygen atoms in total. The van der Waals surface area contributed by atoms with E-state index in [2.05, 4.69) is 10.6 Å². The summed E-state index contributed by atoms with van der Waals surface area (Å²) in [4.78, 5) is 12.0. The SMILES string of the molecule is COc1cccc(CC(=O)NC2CNC[C@@H]2OC)c1. The van der Waals surface area contributed by atoms with Crippen molar-refractivity contribution in [3.8, 4) is 5.75 Å². The molecule has 1 aliphatic rings. The molecule has 5 heteroatoms. The van der Waals surface area contributed by atoms with E-state index in [0.29, 0.717) is 6.42 Å². The number of methoxy groups -OCH3 is 2. The van der Waals surface area contributed by atoms with Crippen molar-refractivity contribution in [2.24, 2.45) is 0 Å². The molecule has 1 amide bonds. The molecular formula is C14H20N2O3. The van der Waals surface area contributed by atoms with Gasteiger partial charge in [-0.25, -0.2) is 0 Å². The lowest BCUT2D eigenvalue weighted by Crippen LogP contribution is -2.44. The molecule has 1 saturated heterocycles. The van der Waals surface area contributed by atoms with E-state index >= 15 is 0 Å². The third-order valence-electron chi connectivity index (χ3n) is 3.31. The van der Waals surface area contributed by atoms with E-state index in [0.717, 1.165) is 24.4 Å². The maximum Gasteiger partial charge on any atom is 0.224 e. The zero-order chi connectivity index (χ0) is 13.7. The van der Waals surface area contributed by atoms with Crippen molar-refractivity contribution >= 4 is 5.91 Å². The first-order valence-electron chi connectivity index (χ1n) is 6.38. The lowest BCUT2D eigenvalue weighted by atomic mass is 10.1. The van der Waals surface area contributed by atoms with Gasteiger partial charge in [0.15, 0.2) is 0 Å². The smallest absolute Gasteiger partial charge is 0.224 e. The Bertz CT molecular complexity index is 436. The Balaban J connectivity index is 1.90. The van der Waals surface area contributed by atoms with Gasteiger partial charge in [0.2, 0.25) is 5.91 Å². The van der Waals surface area contributed by atoms with Gasteiger partial charge in [0.1, 0.15) is 5.75 Å². The summed E-state index contributed by atoms with van der Waals surface area (Å²) in [5, 5.41) is 6.20. The van der Waals surface area contributed by atoms with Gasteiger partial charge >= 0.3 is 0 Å². The fraction of sp³-hybridized carbons (Fsp3) is 0.500. The fourth-order valence-corrected chi connectivity index (χ4v) is 2.27. The standard InChI is InChI=1S/C14H20N2O3/c1-18-11-5-3-4-10(6-11)7-14(17)16-12-8-15-9-13(12)19-2/h3-6,12-13,15H,7-9H2,1-2H3,(H,16,17)/t12?,13-/m0/s1. The van der Waals surface area contributed by atoms with Crippen LogP contribution in [-0.2, 0) is 16.0 Å². The van der Waals surface area contributed by atoms with Crippen LogP contribution in [0.5, 0.6) is 5.75 Å². The highest BCUT2D eigenvalue weighted by Crippen LogP contribution is 2.13. The molecule has 1 fully saturated rings. The minimum absolute atomic E-state index is 0.00371. The highest BCUT2D eigenvalue weighted by atomic mass is 16.5. The summed E-state index contributed by atoms with van der Waals surface area (Å²) in [7, 11) is 3.28. The van der Waals surface area contributed by atoms with Crippen molar-refractivity contribution < 1.29 is 14.3 Å². The number of carbonyl (C=O) groups excluding carboxylic acids is 1. The molecule has 19 heavy (non-hydrogen) atoms. The Kier molecular flexibility index (Phi) is 4.76. The van der Waals surface area contributed by atoms with Crippen molar-refractivity contribution in [2.75, 3.05) is 27.3 Å². The second-order valence-electron chi connectivity index (χ2n) is 4.63. The predicted molar refractivity (Wildman–Crippen MR) is 72.3 cm³/mol. The highest BCUT2D eigenvalue weighted by Gasteiger charge is 2.27. The quantitative estimate of drug-likeness (QED) is 0.805. The summed E-state index contributed by atoms with van der Waals surface area (Å²) < 4.78 is 10.5. The van der Waals surface area contributed by atoms with Crippen LogP contribution in [0.2, 0.25) is 0 Å². The Morgan fingerprint density at radius 3 is 3.00 bits per heavy atom. The van der Waals surface area contributed by atoms with Crippen molar-refractivity contribution in [1.82, 2.24) is 10.6 Å². The lowest BCUT2D eigenvalue weighted by Gasteiger charge is -2.18. The van der Waals surface area contributed by atoms with Crippen LogP contribution < -0.4 is 15.4 Å². The predicted octanol–water partition coefficient (Wildman–Crippen LogP) is 0.341.